The monoisotopic (exact) mass is 676 g/mol. The molecule has 0 fully saturated rings. The van der Waals surface area contributed by atoms with Crippen molar-refractivity contribution in [2.24, 2.45) is 0 Å². The van der Waals surface area contributed by atoms with E-state index >= 15 is 0 Å². The Morgan fingerprint density at radius 2 is 0.830 bits per heavy atom. The molecular weight excluding hydrogens is 641 g/mol. The molecule has 1 aliphatic carbocycles. The Morgan fingerprint density at radius 1 is 0.340 bits per heavy atom. The smallest absolute Gasteiger partial charge is 0.126 e. The minimum absolute atomic E-state index is 0.893. The highest BCUT2D eigenvalue weighted by atomic mass is 16.5. The number of ether oxygens (including phenoxy) is 1. The quantitative estimate of drug-likeness (QED) is 0.159. The number of methoxy groups -OCH3 is 1. The van der Waals surface area contributed by atoms with Crippen LogP contribution in [0.5, 0.6) is 5.75 Å². The van der Waals surface area contributed by atoms with Gasteiger partial charge in [-0.05, 0) is 125 Å². The molecule has 0 radical (unpaired) electrons. The van der Waals surface area contributed by atoms with Crippen molar-refractivity contribution in [2.75, 3.05) is 7.11 Å². The van der Waals surface area contributed by atoms with Gasteiger partial charge >= 0.3 is 0 Å². The Morgan fingerprint density at radius 3 is 1.51 bits per heavy atom. The van der Waals surface area contributed by atoms with E-state index in [-0.39, 0.29) is 0 Å². The van der Waals surface area contributed by atoms with Crippen LogP contribution in [0.25, 0.3) is 88.3 Å². The lowest BCUT2D eigenvalue weighted by Crippen LogP contribution is -1.94. The van der Waals surface area contributed by atoms with Crippen LogP contribution in [0.1, 0.15) is 11.1 Å². The Balaban J connectivity index is 1.16. The van der Waals surface area contributed by atoms with Crippen LogP contribution in [0, 0.1) is 0 Å². The average Bonchev–Trinajstić information content (AvgIpc) is 3.61. The first kappa shape index (κ1) is 31.1. The Kier molecular flexibility index (Phi) is 7.51. The van der Waals surface area contributed by atoms with Crippen LogP contribution in [-0.4, -0.2) is 7.11 Å². The van der Waals surface area contributed by atoms with Gasteiger partial charge in [0.05, 0.1) is 7.11 Å². The number of benzene rings is 9. The van der Waals surface area contributed by atoms with Crippen LogP contribution in [0.2, 0.25) is 0 Å². The second-order valence-electron chi connectivity index (χ2n) is 13.9. The molecule has 250 valence electrons. The molecule has 0 aromatic heterocycles. The van der Waals surface area contributed by atoms with Crippen molar-refractivity contribution < 1.29 is 4.74 Å². The largest absolute Gasteiger partial charge is 0.496 e. The summed E-state index contributed by atoms with van der Waals surface area (Å²) in [7, 11) is 1.76. The van der Waals surface area contributed by atoms with Gasteiger partial charge < -0.3 is 4.74 Å². The zero-order chi connectivity index (χ0) is 35.3. The van der Waals surface area contributed by atoms with E-state index in [4.69, 9.17) is 4.74 Å². The third kappa shape index (κ3) is 5.24. The molecule has 53 heavy (non-hydrogen) atoms. The van der Waals surface area contributed by atoms with Gasteiger partial charge in [-0.3, -0.25) is 0 Å². The summed E-state index contributed by atoms with van der Waals surface area (Å²) in [5.41, 5.74) is 17.5. The Hall–Kier alpha value is -6.70. The molecule has 9 aromatic carbocycles. The maximum Gasteiger partial charge on any atom is 0.126 e. The molecule has 10 rings (SSSR count). The summed E-state index contributed by atoms with van der Waals surface area (Å²) < 4.78 is 5.91. The second-order valence-corrected chi connectivity index (χ2v) is 13.9. The molecule has 0 spiro atoms. The summed E-state index contributed by atoms with van der Waals surface area (Å²) in [4.78, 5) is 0. The normalized spacial score (nSPS) is 11.8. The minimum Gasteiger partial charge on any atom is -0.496 e. The van der Waals surface area contributed by atoms with E-state index in [1.165, 1.54) is 93.9 Å². The van der Waals surface area contributed by atoms with E-state index in [9.17, 15) is 0 Å². The van der Waals surface area contributed by atoms with Gasteiger partial charge in [-0.1, -0.05) is 164 Å². The standard InChI is InChI=1S/C52H36O/c1-53-50-25-12-11-20-42(50)48-33-40(32-47-41-19-6-5-16-38(41)31-49(47)48)37-17-13-18-39(30-37)52-45-23-9-7-21-43(45)51(44-22-8-10-24-46(44)52)36-28-26-35(27-29-36)34-14-3-2-4-15-34/h2-30,32-33H,31H2,1H3. The maximum absolute atomic E-state index is 5.91. The molecule has 0 N–H and O–H groups in total. The van der Waals surface area contributed by atoms with E-state index in [0.29, 0.717) is 0 Å². The summed E-state index contributed by atoms with van der Waals surface area (Å²) in [6, 6.07) is 68.6. The minimum atomic E-state index is 0.893. The number of para-hydroxylation sites is 1. The molecule has 0 heterocycles. The Bertz CT molecular complexity index is 2770. The third-order valence-electron chi connectivity index (χ3n) is 11.0. The topological polar surface area (TPSA) is 9.23 Å². The molecular formula is C52H36O. The fourth-order valence-corrected chi connectivity index (χ4v) is 8.57. The van der Waals surface area contributed by atoms with Crippen molar-refractivity contribution in [3.8, 4) is 72.5 Å². The van der Waals surface area contributed by atoms with Crippen LogP contribution in [0.4, 0.5) is 0 Å². The Labute approximate surface area is 310 Å². The highest BCUT2D eigenvalue weighted by Gasteiger charge is 2.24. The molecule has 9 aromatic rings. The summed E-state index contributed by atoms with van der Waals surface area (Å²) in [5.74, 6) is 0.893. The number of rotatable bonds is 6. The van der Waals surface area contributed by atoms with Crippen LogP contribution >= 0.6 is 0 Å². The predicted octanol–water partition coefficient (Wildman–Crippen LogP) is 13.9. The number of hydrogen-bond donors (Lipinski definition) is 0. The van der Waals surface area contributed by atoms with Gasteiger partial charge in [-0.15, -0.1) is 0 Å². The van der Waals surface area contributed by atoms with Gasteiger partial charge in [-0.2, -0.15) is 0 Å². The molecule has 0 unspecified atom stereocenters. The first-order valence-electron chi connectivity index (χ1n) is 18.3. The first-order valence-corrected chi connectivity index (χ1v) is 18.3. The van der Waals surface area contributed by atoms with Gasteiger partial charge in [0, 0.05) is 5.56 Å². The van der Waals surface area contributed by atoms with Crippen LogP contribution in [-0.2, 0) is 6.42 Å². The van der Waals surface area contributed by atoms with Crippen LogP contribution in [0.15, 0.2) is 188 Å². The maximum atomic E-state index is 5.91. The molecule has 1 nitrogen and oxygen atoms in total. The van der Waals surface area contributed by atoms with Crippen molar-refractivity contribution in [1.29, 1.82) is 0 Å². The van der Waals surface area contributed by atoms with E-state index in [1.807, 2.05) is 6.07 Å². The van der Waals surface area contributed by atoms with E-state index in [1.54, 1.807) is 7.11 Å². The van der Waals surface area contributed by atoms with E-state index < -0.39 is 0 Å². The molecule has 0 amide bonds. The van der Waals surface area contributed by atoms with Gasteiger partial charge in [0.15, 0.2) is 0 Å². The summed E-state index contributed by atoms with van der Waals surface area (Å²) >= 11 is 0. The molecule has 1 aliphatic rings. The lowest BCUT2D eigenvalue weighted by atomic mass is 9.85. The lowest BCUT2D eigenvalue weighted by molar-refractivity contribution is 0.416. The zero-order valence-electron chi connectivity index (χ0n) is 29.5. The highest BCUT2D eigenvalue weighted by molar-refractivity contribution is 6.21. The second kappa shape index (κ2) is 12.8. The van der Waals surface area contributed by atoms with Crippen molar-refractivity contribution in [3.05, 3.63) is 199 Å². The predicted molar refractivity (Wildman–Crippen MR) is 223 cm³/mol. The average molecular weight is 677 g/mol. The highest BCUT2D eigenvalue weighted by Crippen LogP contribution is 2.48. The molecule has 1 heteroatoms. The van der Waals surface area contributed by atoms with E-state index in [2.05, 4.69) is 182 Å². The molecule has 0 bridgehead atoms. The van der Waals surface area contributed by atoms with Crippen LogP contribution < -0.4 is 4.74 Å². The number of fused-ring (bicyclic) bond motifs is 5. The zero-order valence-corrected chi connectivity index (χ0v) is 29.5. The van der Waals surface area contributed by atoms with Gasteiger partial charge in [0.2, 0.25) is 0 Å². The summed E-state index contributed by atoms with van der Waals surface area (Å²) in [6.45, 7) is 0. The van der Waals surface area contributed by atoms with Gasteiger partial charge in [0.25, 0.3) is 0 Å². The molecule has 0 aliphatic heterocycles. The number of hydrogen-bond acceptors (Lipinski definition) is 1. The molecule has 0 atom stereocenters. The van der Waals surface area contributed by atoms with Crippen LogP contribution in [0.3, 0.4) is 0 Å². The molecule has 0 saturated carbocycles. The fraction of sp³-hybridized carbons (Fsp3) is 0.0385. The summed E-state index contributed by atoms with van der Waals surface area (Å²) in [5, 5.41) is 5.02. The van der Waals surface area contributed by atoms with Crippen molar-refractivity contribution in [2.45, 2.75) is 6.42 Å². The van der Waals surface area contributed by atoms with Crippen molar-refractivity contribution >= 4 is 21.5 Å². The lowest BCUT2D eigenvalue weighted by Gasteiger charge is -2.19. The fourth-order valence-electron chi connectivity index (χ4n) is 8.57. The molecule has 0 saturated heterocycles. The summed E-state index contributed by atoms with van der Waals surface area (Å²) in [6.07, 6.45) is 0.915. The van der Waals surface area contributed by atoms with Crippen molar-refractivity contribution in [3.63, 3.8) is 0 Å². The van der Waals surface area contributed by atoms with Crippen molar-refractivity contribution in [1.82, 2.24) is 0 Å². The third-order valence-corrected chi connectivity index (χ3v) is 11.0. The SMILES string of the molecule is COc1ccccc1-c1cc(-c2cccc(-c3c4ccccc4c(-c4ccc(-c5ccccc5)cc4)c4ccccc34)c2)cc2c1Cc1ccccc1-2. The van der Waals surface area contributed by atoms with E-state index in [0.717, 1.165) is 17.7 Å². The van der Waals surface area contributed by atoms with Gasteiger partial charge in [0.1, 0.15) is 5.75 Å². The van der Waals surface area contributed by atoms with Gasteiger partial charge in [-0.25, -0.2) is 0 Å². The first-order chi connectivity index (χ1) is 26.2.